The predicted octanol–water partition coefficient (Wildman–Crippen LogP) is 4.51. The molecule has 0 bridgehead atoms. The minimum absolute atomic E-state index is 0.00348. The van der Waals surface area contributed by atoms with Crippen molar-refractivity contribution in [2.75, 3.05) is 4.90 Å². The summed E-state index contributed by atoms with van der Waals surface area (Å²) in [6, 6.07) is 16.7. The van der Waals surface area contributed by atoms with Gasteiger partial charge in [0.25, 0.3) is 5.78 Å². The second kappa shape index (κ2) is 8.86. The molecule has 1 aliphatic rings. The zero-order chi connectivity index (χ0) is 23.7. The molecule has 1 fully saturated rings. The fourth-order valence-corrected chi connectivity index (χ4v) is 3.77. The monoisotopic (exact) mass is 443 g/mol. The van der Waals surface area contributed by atoms with Crippen molar-refractivity contribution in [2.45, 2.75) is 39.8 Å². The topological polar surface area (TPSA) is 92.6 Å². The highest BCUT2D eigenvalue weighted by molar-refractivity contribution is 6.51. The normalized spacial score (nSPS) is 17.6. The third-order valence-corrected chi connectivity index (χ3v) is 5.37. The molecule has 1 saturated heterocycles. The quantitative estimate of drug-likeness (QED) is 0.354. The number of amides is 1. The fraction of sp³-hybridized carbons (Fsp3) is 0.231. The van der Waals surface area contributed by atoms with Gasteiger partial charge in [0.2, 0.25) is 0 Å². The Bertz CT molecular complexity index is 1210. The third-order valence-electron chi connectivity index (χ3n) is 5.37. The number of Topliss-reactive ketones (excluding diaryl/α,β-unsaturated/α-hetero) is 1. The first-order valence-electron chi connectivity index (χ1n) is 10.7. The number of aliphatic hydroxyl groups is 1. The van der Waals surface area contributed by atoms with Gasteiger partial charge in [0.15, 0.2) is 5.82 Å². The number of nitrogens with zero attached hydrogens (tertiary/aromatic N) is 3. The lowest BCUT2D eigenvalue weighted by Crippen LogP contribution is -2.30. The Hall–Kier alpha value is -4.00. The molecule has 3 aromatic rings. The van der Waals surface area contributed by atoms with Gasteiger partial charge in [-0.05, 0) is 57.5 Å². The summed E-state index contributed by atoms with van der Waals surface area (Å²) in [6.45, 7) is 7.58. The number of ketones is 1. The maximum Gasteiger partial charge on any atom is 0.301 e. The molecule has 7 nitrogen and oxygen atoms in total. The Kier molecular flexibility index (Phi) is 5.96. The highest BCUT2D eigenvalue weighted by Crippen LogP contribution is 2.41. The minimum Gasteiger partial charge on any atom is -0.507 e. The van der Waals surface area contributed by atoms with E-state index in [-0.39, 0.29) is 23.3 Å². The number of rotatable bonds is 5. The molecule has 0 aliphatic carbocycles. The number of benzene rings is 2. The van der Waals surface area contributed by atoms with E-state index in [0.717, 1.165) is 5.56 Å². The second-order valence-corrected chi connectivity index (χ2v) is 8.30. The molecule has 0 radical (unpaired) electrons. The van der Waals surface area contributed by atoms with E-state index >= 15 is 0 Å². The van der Waals surface area contributed by atoms with E-state index in [1.807, 2.05) is 32.9 Å². The van der Waals surface area contributed by atoms with Gasteiger partial charge < -0.3 is 9.84 Å². The molecular formula is C26H25N3O4. The smallest absolute Gasteiger partial charge is 0.301 e. The van der Waals surface area contributed by atoms with Gasteiger partial charge in [0, 0.05) is 5.56 Å². The summed E-state index contributed by atoms with van der Waals surface area (Å²) in [6.07, 6.45) is 0.00542. The van der Waals surface area contributed by atoms with E-state index in [2.05, 4.69) is 10.2 Å². The van der Waals surface area contributed by atoms with Crippen molar-refractivity contribution in [3.05, 3.63) is 88.6 Å². The van der Waals surface area contributed by atoms with Crippen molar-refractivity contribution in [2.24, 2.45) is 0 Å². The first-order chi connectivity index (χ1) is 15.8. The molecule has 7 heteroatoms. The van der Waals surface area contributed by atoms with Crippen molar-refractivity contribution < 1.29 is 19.4 Å². The zero-order valence-corrected chi connectivity index (χ0v) is 18.9. The molecule has 1 amide bonds. The maximum atomic E-state index is 13.2. The molecule has 33 heavy (non-hydrogen) atoms. The van der Waals surface area contributed by atoms with E-state index in [1.54, 1.807) is 55.5 Å². The largest absolute Gasteiger partial charge is 0.507 e. The maximum absolute atomic E-state index is 13.2. The summed E-state index contributed by atoms with van der Waals surface area (Å²) in [7, 11) is 0. The Morgan fingerprint density at radius 1 is 0.939 bits per heavy atom. The molecule has 4 rings (SSSR count). The summed E-state index contributed by atoms with van der Waals surface area (Å²) < 4.78 is 5.72. The Morgan fingerprint density at radius 2 is 1.61 bits per heavy atom. The number of aromatic nitrogens is 2. The summed E-state index contributed by atoms with van der Waals surface area (Å²) in [4.78, 5) is 27.6. The van der Waals surface area contributed by atoms with Crippen LogP contribution in [0.5, 0.6) is 5.75 Å². The second-order valence-electron chi connectivity index (χ2n) is 8.30. The highest BCUT2D eigenvalue weighted by Gasteiger charge is 2.47. The number of hydrogen-bond donors (Lipinski definition) is 1. The van der Waals surface area contributed by atoms with Crippen molar-refractivity contribution in [3.63, 3.8) is 0 Å². The molecule has 2 heterocycles. The van der Waals surface area contributed by atoms with Gasteiger partial charge in [-0.2, -0.15) is 5.10 Å². The molecule has 1 aromatic heterocycles. The van der Waals surface area contributed by atoms with Crippen molar-refractivity contribution in [1.82, 2.24) is 10.2 Å². The van der Waals surface area contributed by atoms with Crippen LogP contribution in [0.2, 0.25) is 0 Å². The lowest BCUT2D eigenvalue weighted by atomic mass is 9.95. The van der Waals surface area contributed by atoms with Gasteiger partial charge in [0.05, 0.1) is 23.4 Å². The van der Waals surface area contributed by atoms with Gasteiger partial charge in [-0.3, -0.25) is 14.5 Å². The molecule has 1 unspecified atom stereocenters. The van der Waals surface area contributed by atoms with Crippen LogP contribution in [-0.2, 0) is 9.59 Å². The van der Waals surface area contributed by atoms with Gasteiger partial charge in [0.1, 0.15) is 11.5 Å². The van der Waals surface area contributed by atoms with Crippen LogP contribution in [0.4, 0.5) is 5.82 Å². The van der Waals surface area contributed by atoms with Crippen LogP contribution in [0.25, 0.3) is 5.76 Å². The number of aliphatic hydroxyl groups excluding tert-OH is 1. The molecule has 168 valence electrons. The SMILES string of the molecule is Cc1ccc(C(O)=C2C(=O)C(=O)N(c3ccc(C)nn3)C2c2ccc(OC(C)C)cc2)cc1. The molecule has 0 saturated carbocycles. The lowest BCUT2D eigenvalue weighted by Gasteiger charge is -2.24. The fourth-order valence-electron chi connectivity index (χ4n) is 3.77. The summed E-state index contributed by atoms with van der Waals surface area (Å²) >= 11 is 0. The van der Waals surface area contributed by atoms with Crippen LogP contribution in [0.1, 0.15) is 42.3 Å². The third kappa shape index (κ3) is 4.35. The van der Waals surface area contributed by atoms with Crippen LogP contribution in [0.15, 0.2) is 66.2 Å². The van der Waals surface area contributed by atoms with Crippen LogP contribution < -0.4 is 9.64 Å². The van der Waals surface area contributed by atoms with Gasteiger partial charge >= 0.3 is 5.91 Å². The van der Waals surface area contributed by atoms with E-state index < -0.39 is 17.7 Å². The number of ether oxygens (including phenoxy) is 1. The molecule has 0 spiro atoms. The number of anilines is 1. The first kappa shape index (κ1) is 22.2. The van der Waals surface area contributed by atoms with Gasteiger partial charge in [-0.1, -0.05) is 42.0 Å². The molecule has 1 N–H and O–H groups in total. The summed E-state index contributed by atoms with van der Waals surface area (Å²) in [5.41, 5.74) is 2.80. The molecule has 1 atom stereocenters. The average molecular weight is 444 g/mol. The number of aryl methyl sites for hydroxylation is 2. The van der Waals surface area contributed by atoms with Gasteiger partial charge in [-0.15, -0.1) is 5.10 Å². The number of carbonyl (C=O) groups is 2. The predicted molar refractivity (Wildman–Crippen MR) is 125 cm³/mol. The molecule has 1 aliphatic heterocycles. The van der Waals surface area contributed by atoms with Crippen LogP contribution in [0.3, 0.4) is 0 Å². The summed E-state index contributed by atoms with van der Waals surface area (Å²) in [5.74, 6) is -0.877. The van der Waals surface area contributed by atoms with E-state index in [1.165, 1.54) is 4.90 Å². The van der Waals surface area contributed by atoms with E-state index in [4.69, 9.17) is 4.74 Å². The first-order valence-corrected chi connectivity index (χ1v) is 10.7. The number of hydrogen-bond acceptors (Lipinski definition) is 6. The van der Waals surface area contributed by atoms with Crippen LogP contribution >= 0.6 is 0 Å². The summed E-state index contributed by atoms with van der Waals surface area (Å²) in [5, 5.41) is 19.3. The van der Waals surface area contributed by atoms with Crippen molar-refractivity contribution >= 4 is 23.3 Å². The minimum atomic E-state index is -0.864. The molecule has 2 aromatic carbocycles. The Balaban J connectivity index is 1.88. The lowest BCUT2D eigenvalue weighted by molar-refractivity contribution is -0.132. The van der Waals surface area contributed by atoms with Crippen molar-refractivity contribution in [1.29, 1.82) is 0 Å². The highest BCUT2D eigenvalue weighted by atomic mass is 16.5. The Morgan fingerprint density at radius 3 is 2.18 bits per heavy atom. The van der Waals surface area contributed by atoms with E-state index in [0.29, 0.717) is 22.6 Å². The number of carbonyl (C=O) groups excluding carboxylic acids is 2. The standard InChI is InChI=1S/C26H25N3O4/c1-15(2)33-20-12-10-18(11-13-20)23-22(24(30)19-8-5-16(3)6-9-19)25(31)26(32)29(23)21-14-7-17(4)27-28-21/h5-15,23,30H,1-4H3. The molecular weight excluding hydrogens is 418 g/mol. The average Bonchev–Trinajstić information content (AvgIpc) is 3.05. The van der Waals surface area contributed by atoms with Gasteiger partial charge in [-0.25, -0.2) is 0 Å². The van der Waals surface area contributed by atoms with Crippen LogP contribution in [0, 0.1) is 13.8 Å². The van der Waals surface area contributed by atoms with Crippen LogP contribution in [-0.4, -0.2) is 33.1 Å². The zero-order valence-electron chi connectivity index (χ0n) is 18.9. The van der Waals surface area contributed by atoms with Crippen molar-refractivity contribution in [3.8, 4) is 5.75 Å². The van der Waals surface area contributed by atoms with E-state index in [9.17, 15) is 14.7 Å². The Labute approximate surface area is 192 Å².